The van der Waals surface area contributed by atoms with Crippen molar-refractivity contribution in [2.75, 3.05) is 5.32 Å². The lowest BCUT2D eigenvalue weighted by molar-refractivity contribution is 0.242. The molecule has 1 heterocycles. The highest BCUT2D eigenvalue weighted by atomic mass is 35.5. The normalized spacial score (nSPS) is 11.1. The van der Waals surface area contributed by atoms with Gasteiger partial charge < -0.3 is 10.1 Å². The van der Waals surface area contributed by atoms with E-state index in [9.17, 15) is 9.59 Å². The highest BCUT2D eigenvalue weighted by Gasteiger charge is 2.14. The van der Waals surface area contributed by atoms with Crippen LogP contribution in [0.15, 0.2) is 82.4 Å². The highest BCUT2D eigenvalue weighted by Crippen LogP contribution is 2.29. The van der Waals surface area contributed by atoms with E-state index in [4.69, 9.17) is 39.5 Å². The molecule has 0 unspecified atom stereocenters. The van der Waals surface area contributed by atoms with Crippen molar-refractivity contribution in [3.8, 4) is 5.75 Å². The summed E-state index contributed by atoms with van der Waals surface area (Å²) in [6, 6.07) is 20.8. The van der Waals surface area contributed by atoms with Crippen molar-refractivity contribution in [2.45, 2.75) is 33.0 Å². The molecule has 0 aliphatic heterocycles. The van der Waals surface area contributed by atoms with E-state index < -0.39 is 11.2 Å². The van der Waals surface area contributed by atoms with E-state index in [1.165, 1.54) is 15.2 Å². The zero-order valence-electron chi connectivity index (χ0n) is 19.7. The second-order valence-corrected chi connectivity index (χ2v) is 9.79. The first-order chi connectivity index (χ1) is 17.2. The molecule has 6 nitrogen and oxygen atoms in total. The number of nitrogens with zero attached hydrogens (tertiary/aromatic N) is 2. The summed E-state index contributed by atoms with van der Waals surface area (Å²) in [7, 11) is 0. The molecule has 3 aromatic carbocycles. The largest absolute Gasteiger partial charge is 0.489 e. The van der Waals surface area contributed by atoms with Crippen LogP contribution in [0.5, 0.6) is 5.75 Å². The van der Waals surface area contributed by atoms with Gasteiger partial charge in [0.2, 0.25) is 0 Å². The zero-order valence-corrected chi connectivity index (χ0v) is 21.9. The Morgan fingerprint density at radius 1 is 0.778 bits per heavy atom. The maximum atomic E-state index is 13.6. The molecule has 0 saturated carbocycles. The van der Waals surface area contributed by atoms with Crippen LogP contribution in [0.4, 0.5) is 11.5 Å². The molecule has 9 heteroatoms. The predicted octanol–water partition coefficient (Wildman–Crippen LogP) is 6.60. The van der Waals surface area contributed by atoms with E-state index in [0.717, 1.165) is 11.1 Å². The Kier molecular flexibility index (Phi) is 8.09. The lowest BCUT2D eigenvalue weighted by Crippen LogP contribution is -2.40. The van der Waals surface area contributed by atoms with Crippen LogP contribution >= 0.6 is 34.8 Å². The number of nitrogens with one attached hydrogen (secondary N) is 1. The van der Waals surface area contributed by atoms with Crippen LogP contribution < -0.4 is 21.3 Å². The summed E-state index contributed by atoms with van der Waals surface area (Å²) in [5, 5.41) is 4.76. The molecule has 4 aromatic rings. The van der Waals surface area contributed by atoms with Gasteiger partial charge in [-0.2, -0.15) is 0 Å². The molecule has 4 rings (SSSR count). The van der Waals surface area contributed by atoms with Crippen LogP contribution in [0.3, 0.4) is 0 Å². The first-order valence-corrected chi connectivity index (χ1v) is 12.4. The van der Waals surface area contributed by atoms with E-state index in [2.05, 4.69) is 5.32 Å². The van der Waals surface area contributed by atoms with Gasteiger partial charge in [0.15, 0.2) is 0 Å². The van der Waals surface area contributed by atoms with Crippen LogP contribution in [0, 0.1) is 0 Å². The topological polar surface area (TPSA) is 65.3 Å². The minimum Gasteiger partial charge on any atom is -0.489 e. The Morgan fingerprint density at radius 2 is 1.33 bits per heavy atom. The minimum absolute atomic E-state index is 0.0286. The number of halogens is 3. The molecular weight excluding hydrogens is 521 g/mol. The van der Waals surface area contributed by atoms with Crippen LogP contribution in [-0.4, -0.2) is 15.2 Å². The Hall–Kier alpha value is -3.19. The van der Waals surface area contributed by atoms with Crippen molar-refractivity contribution in [1.82, 2.24) is 9.13 Å². The Labute approximate surface area is 223 Å². The van der Waals surface area contributed by atoms with Crippen molar-refractivity contribution in [3.63, 3.8) is 0 Å². The quantitative estimate of drug-likeness (QED) is 0.271. The number of anilines is 2. The van der Waals surface area contributed by atoms with Crippen molar-refractivity contribution in [3.05, 3.63) is 120 Å². The third kappa shape index (κ3) is 6.32. The molecule has 0 aliphatic rings. The molecule has 0 spiro atoms. The molecule has 0 saturated heterocycles. The van der Waals surface area contributed by atoms with Gasteiger partial charge in [-0.15, -0.1) is 0 Å². The van der Waals surface area contributed by atoms with Gasteiger partial charge in [0, 0.05) is 21.8 Å². The molecule has 0 atom stereocenters. The monoisotopic (exact) mass is 543 g/mol. The molecule has 186 valence electrons. The van der Waals surface area contributed by atoms with E-state index >= 15 is 0 Å². The van der Waals surface area contributed by atoms with Crippen molar-refractivity contribution in [1.29, 1.82) is 0 Å². The summed E-state index contributed by atoms with van der Waals surface area (Å²) in [5.41, 5.74) is 1.34. The van der Waals surface area contributed by atoms with Crippen molar-refractivity contribution >= 4 is 46.3 Å². The number of rotatable bonds is 8. The molecule has 36 heavy (non-hydrogen) atoms. The van der Waals surface area contributed by atoms with E-state index in [0.29, 0.717) is 32.3 Å². The maximum absolute atomic E-state index is 13.6. The first kappa shape index (κ1) is 25.9. The SMILES string of the molecule is CC(C)Oc1ccc(Nc2cc(=O)n(Cc3ccc(Cl)cc3)c(=O)n2Cc2ccc(Cl)cc2)cc1Cl. The second-order valence-electron chi connectivity index (χ2n) is 8.51. The van der Waals surface area contributed by atoms with Gasteiger partial charge >= 0.3 is 5.69 Å². The fraction of sp³-hybridized carbons (Fsp3) is 0.185. The van der Waals surface area contributed by atoms with Gasteiger partial charge in [-0.1, -0.05) is 59.1 Å². The number of aromatic nitrogens is 2. The number of hydrogen-bond acceptors (Lipinski definition) is 4. The lowest BCUT2D eigenvalue weighted by atomic mass is 10.2. The molecular formula is C27H24Cl3N3O3. The molecule has 0 bridgehead atoms. The van der Waals surface area contributed by atoms with Crippen LogP contribution in [-0.2, 0) is 13.1 Å². The van der Waals surface area contributed by atoms with E-state index in [-0.39, 0.29) is 19.2 Å². The molecule has 0 amide bonds. The van der Waals surface area contributed by atoms with E-state index in [1.54, 1.807) is 54.6 Å². The Balaban J connectivity index is 1.75. The van der Waals surface area contributed by atoms with Crippen LogP contribution in [0.2, 0.25) is 15.1 Å². The van der Waals surface area contributed by atoms with Crippen molar-refractivity contribution < 1.29 is 4.74 Å². The Morgan fingerprint density at radius 3 is 1.86 bits per heavy atom. The van der Waals surface area contributed by atoms with E-state index in [1.807, 2.05) is 26.0 Å². The van der Waals surface area contributed by atoms with Gasteiger partial charge in [-0.3, -0.25) is 13.9 Å². The van der Waals surface area contributed by atoms with Crippen LogP contribution in [0.1, 0.15) is 25.0 Å². The van der Waals surface area contributed by atoms with Crippen LogP contribution in [0.25, 0.3) is 0 Å². The van der Waals surface area contributed by atoms with Gasteiger partial charge in [0.05, 0.1) is 24.2 Å². The standard InChI is InChI=1S/C27H24Cl3N3O3/c1-17(2)36-24-12-11-22(13-23(24)30)31-25-14-26(34)33(16-19-5-9-21(29)10-6-19)27(35)32(25)15-18-3-7-20(28)8-4-18/h3-14,17,31H,15-16H2,1-2H3. The summed E-state index contributed by atoms with van der Waals surface area (Å²) < 4.78 is 8.39. The number of ether oxygens (including phenoxy) is 1. The van der Waals surface area contributed by atoms with Gasteiger partial charge in [-0.05, 0) is 67.4 Å². The molecule has 1 aromatic heterocycles. The fourth-order valence-electron chi connectivity index (χ4n) is 3.64. The fourth-order valence-corrected chi connectivity index (χ4v) is 4.12. The second kappa shape index (κ2) is 11.2. The summed E-state index contributed by atoms with van der Waals surface area (Å²) in [6.07, 6.45) is -0.0286. The summed E-state index contributed by atoms with van der Waals surface area (Å²) in [6.45, 7) is 4.16. The average Bonchev–Trinajstić information content (AvgIpc) is 2.83. The zero-order chi connectivity index (χ0) is 25.8. The van der Waals surface area contributed by atoms with Gasteiger partial charge in [0.25, 0.3) is 5.56 Å². The third-order valence-electron chi connectivity index (χ3n) is 5.35. The molecule has 1 N–H and O–H groups in total. The molecule has 0 fully saturated rings. The number of hydrogen-bond donors (Lipinski definition) is 1. The summed E-state index contributed by atoms with van der Waals surface area (Å²) in [5.74, 6) is 0.884. The summed E-state index contributed by atoms with van der Waals surface area (Å²) >= 11 is 18.4. The average molecular weight is 545 g/mol. The summed E-state index contributed by atoms with van der Waals surface area (Å²) in [4.78, 5) is 26.6. The van der Waals surface area contributed by atoms with Crippen molar-refractivity contribution in [2.24, 2.45) is 0 Å². The number of benzene rings is 3. The lowest BCUT2D eigenvalue weighted by Gasteiger charge is -2.18. The molecule has 0 aliphatic carbocycles. The predicted molar refractivity (Wildman–Crippen MR) is 147 cm³/mol. The minimum atomic E-state index is -0.458. The Bertz CT molecular complexity index is 1480. The smallest absolute Gasteiger partial charge is 0.333 e. The van der Waals surface area contributed by atoms with Gasteiger partial charge in [0.1, 0.15) is 11.6 Å². The molecule has 0 radical (unpaired) electrons. The van der Waals surface area contributed by atoms with Gasteiger partial charge in [-0.25, -0.2) is 4.79 Å². The first-order valence-electron chi connectivity index (χ1n) is 11.3. The maximum Gasteiger partial charge on any atom is 0.333 e. The third-order valence-corrected chi connectivity index (χ3v) is 6.15. The highest BCUT2D eigenvalue weighted by molar-refractivity contribution is 6.32.